The summed E-state index contributed by atoms with van der Waals surface area (Å²) in [6.07, 6.45) is 3.60. The third-order valence-electron chi connectivity index (χ3n) is 1.41. The highest BCUT2D eigenvalue weighted by atomic mass is 32.2. The lowest BCUT2D eigenvalue weighted by molar-refractivity contribution is 1.00. The average molecular weight is 227 g/mol. The molecule has 74 valence electrons. The zero-order valence-corrected chi connectivity index (χ0v) is 9.15. The van der Waals surface area contributed by atoms with Crippen LogP contribution in [0.5, 0.6) is 0 Å². The first kappa shape index (κ1) is 9.47. The van der Waals surface area contributed by atoms with Gasteiger partial charge in [0.05, 0.1) is 11.1 Å². The molecule has 2 aromatic rings. The minimum atomic E-state index is 0.860. The highest BCUT2D eigenvalue weighted by molar-refractivity contribution is 8.01. The van der Waals surface area contributed by atoms with Crippen LogP contribution in [0.1, 0.15) is 6.92 Å². The number of nitrogens with zero attached hydrogens (tertiary/aromatic N) is 3. The van der Waals surface area contributed by atoms with Gasteiger partial charge in [-0.15, -0.1) is 10.2 Å². The number of rotatable bonds is 4. The fraction of sp³-hybridized carbons (Fsp3) is 0.286. The molecule has 2 aromatic heterocycles. The van der Waals surface area contributed by atoms with E-state index in [1.807, 2.05) is 13.1 Å². The molecule has 0 amide bonds. The Bertz CT molecular complexity index is 382. The molecule has 0 bridgehead atoms. The van der Waals surface area contributed by atoms with Crippen LogP contribution in [0.25, 0.3) is 0 Å². The van der Waals surface area contributed by atoms with Crippen LogP contribution in [-0.2, 0) is 0 Å². The number of aromatic nitrogens is 4. The molecule has 0 radical (unpaired) electrons. The van der Waals surface area contributed by atoms with Gasteiger partial charge in [0.1, 0.15) is 0 Å². The molecule has 0 fully saturated rings. The third kappa shape index (κ3) is 2.24. The van der Waals surface area contributed by atoms with Crippen molar-refractivity contribution >= 4 is 28.2 Å². The Morgan fingerprint density at radius 2 is 2.50 bits per heavy atom. The molecule has 2 heterocycles. The smallest absolute Gasteiger partial charge is 0.206 e. The minimum Gasteiger partial charge on any atom is -0.360 e. The highest BCUT2D eigenvalue weighted by Crippen LogP contribution is 2.30. The quantitative estimate of drug-likeness (QED) is 0.834. The monoisotopic (exact) mass is 227 g/mol. The summed E-state index contributed by atoms with van der Waals surface area (Å²) in [5.41, 5.74) is 0. The molecule has 0 aliphatic heterocycles. The van der Waals surface area contributed by atoms with E-state index < -0.39 is 0 Å². The van der Waals surface area contributed by atoms with E-state index in [-0.39, 0.29) is 0 Å². The van der Waals surface area contributed by atoms with Crippen LogP contribution >= 0.6 is 23.1 Å². The fourth-order valence-corrected chi connectivity index (χ4v) is 2.61. The standard InChI is InChI=1S/C7H9N5S2/c1-2-8-6-11-12-7(14-6)13-5-3-9-10-4-5/h3-4H,2H2,1H3,(H,8,11)(H,9,10). The van der Waals surface area contributed by atoms with Crippen molar-refractivity contribution in [2.75, 3.05) is 11.9 Å². The Morgan fingerprint density at radius 3 is 3.21 bits per heavy atom. The van der Waals surface area contributed by atoms with Crippen molar-refractivity contribution < 1.29 is 0 Å². The molecule has 0 saturated carbocycles. The summed E-state index contributed by atoms with van der Waals surface area (Å²) in [6.45, 7) is 2.90. The molecule has 0 saturated heterocycles. The lowest BCUT2D eigenvalue weighted by Gasteiger charge is -1.91. The number of H-pyrrole nitrogens is 1. The molecule has 2 rings (SSSR count). The molecule has 5 nitrogen and oxygen atoms in total. The van der Waals surface area contributed by atoms with Crippen LogP contribution in [0, 0.1) is 0 Å². The number of anilines is 1. The van der Waals surface area contributed by atoms with Crippen LogP contribution in [0.15, 0.2) is 21.6 Å². The van der Waals surface area contributed by atoms with Crippen LogP contribution in [0.2, 0.25) is 0 Å². The van der Waals surface area contributed by atoms with Gasteiger partial charge in [-0.2, -0.15) is 5.10 Å². The highest BCUT2D eigenvalue weighted by Gasteiger charge is 2.05. The summed E-state index contributed by atoms with van der Waals surface area (Å²) in [7, 11) is 0. The van der Waals surface area contributed by atoms with Gasteiger partial charge in [-0.05, 0) is 6.92 Å². The maximum atomic E-state index is 4.04. The van der Waals surface area contributed by atoms with Crippen molar-refractivity contribution in [1.82, 2.24) is 20.4 Å². The summed E-state index contributed by atoms with van der Waals surface area (Å²) >= 11 is 3.10. The summed E-state index contributed by atoms with van der Waals surface area (Å²) in [6, 6.07) is 0. The first-order valence-corrected chi connectivity index (χ1v) is 5.76. The summed E-state index contributed by atoms with van der Waals surface area (Å²) in [5.74, 6) is 0. The topological polar surface area (TPSA) is 66.5 Å². The molecule has 0 aromatic carbocycles. The number of aromatic amines is 1. The molecule has 2 N–H and O–H groups in total. The SMILES string of the molecule is CCNc1nnc(Sc2cn[nH]c2)s1. The molecule has 7 heteroatoms. The van der Waals surface area contributed by atoms with Crippen LogP contribution in [0.4, 0.5) is 5.13 Å². The van der Waals surface area contributed by atoms with Crippen molar-refractivity contribution in [2.24, 2.45) is 0 Å². The lowest BCUT2D eigenvalue weighted by Crippen LogP contribution is -1.94. The van der Waals surface area contributed by atoms with Gasteiger partial charge in [-0.3, -0.25) is 5.10 Å². The van der Waals surface area contributed by atoms with Crippen LogP contribution < -0.4 is 5.32 Å². The van der Waals surface area contributed by atoms with Gasteiger partial charge in [0, 0.05) is 12.7 Å². The van der Waals surface area contributed by atoms with Gasteiger partial charge in [0.15, 0.2) is 4.34 Å². The fourth-order valence-electron chi connectivity index (χ4n) is 0.869. The Balaban J connectivity index is 2.03. The van der Waals surface area contributed by atoms with Crippen molar-refractivity contribution in [3.63, 3.8) is 0 Å². The average Bonchev–Trinajstić information content (AvgIpc) is 2.79. The van der Waals surface area contributed by atoms with Crippen molar-refractivity contribution in [3.8, 4) is 0 Å². The molecular formula is C7H9N5S2. The van der Waals surface area contributed by atoms with E-state index in [0.29, 0.717) is 0 Å². The van der Waals surface area contributed by atoms with Crippen molar-refractivity contribution in [2.45, 2.75) is 16.2 Å². The normalized spacial score (nSPS) is 10.4. The van der Waals surface area contributed by atoms with Crippen molar-refractivity contribution in [1.29, 1.82) is 0 Å². The van der Waals surface area contributed by atoms with E-state index >= 15 is 0 Å². The van der Waals surface area contributed by atoms with Gasteiger partial charge in [0.2, 0.25) is 5.13 Å². The number of hydrogen-bond donors (Lipinski definition) is 2. The van der Waals surface area contributed by atoms with Crippen molar-refractivity contribution in [3.05, 3.63) is 12.4 Å². The Hall–Kier alpha value is -1.08. The molecular weight excluding hydrogens is 218 g/mol. The molecule has 0 aliphatic rings. The van der Waals surface area contributed by atoms with E-state index in [1.54, 1.807) is 29.3 Å². The van der Waals surface area contributed by atoms with E-state index in [2.05, 4.69) is 25.7 Å². The van der Waals surface area contributed by atoms with E-state index in [0.717, 1.165) is 20.9 Å². The zero-order valence-electron chi connectivity index (χ0n) is 7.52. The predicted octanol–water partition coefficient (Wildman–Crippen LogP) is 1.84. The number of hydrogen-bond acceptors (Lipinski definition) is 6. The van der Waals surface area contributed by atoms with Gasteiger partial charge in [-0.25, -0.2) is 0 Å². The Morgan fingerprint density at radius 1 is 1.57 bits per heavy atom. The first-order chi connectivity index (χ1) is 6.88. The maximum absolute atomic E-state index is 4.04. The van der Waals surface area contributed by atoms with E-state index in [9.17, 15) is 0 Å². The Labute approximate surface area is 89.3 Å². The maximum Gasteiger partial charge on any atom is 0.206 e. The Kier molecular flexibility index (Phi) is 3.00. The second kappa shape index (κ2) is 4.43. The number of nitrogens with one attached hydrogen (secondary N) is 2. The van der Waals surface area contributed by atoms with E-state index in [4.69, 9.17) is 0 Å². The lowest BCUT2D eigenvalue weighted by atomic mass is 10.7. The minimum absolute atomic E-state index is 0.860. The largest absolute Gasteiger partial charge is 0.360 e. The molecule has 0 atom stereocenters. The summed E-state index contributed by atoms with van der Waals surface area (Å²) in [4.78, 5) is 1.05. The van der Waals surface area contributed by atoms with E-state index in [1.165, 1.54) is 0 Å². The van der Waals surface area contributed by atoms with Gasteiger partial charge >= 0.3 is 0 Å². The van der Waals surface area contributed by atoms with Crippen LogP contribution in [-0.4, -0.2) is 26.9 Å². The zero-order chi connectivity index (χ0) is 9.80. The molecule has 14 heavy (non-hydrogen) atoms. The van der Waals surface area contributed by atoms with Crippen LogP contribution in [0.3, 0.4) is 0 Å². The second-order valence-corrected chi connectivity index (χ2v) is 4.74. The first-order valence-electron chi connectivity index (χ1n) is 4.12. The van der Waals surface area contributed by atoms with Gasteiger partial charge in [-0.1, -0.05) is 23.1 Å². The van der Waals surface area contributed by atoms with Gasteiger partial charge in [0.25, 0.3) is 0 Å². The summed E-state index contributed by atoms with van der Waals surface area (Å²) < 4.78 is 0.919. The molecule has 0 unspecified atom stereocenters. The third-order valence-corrected chi connectivity index (χ3v) is 3.30. The molecule has 0 spiro atoms. The predicted molar refractivity (Wildman–Crippen MR) is 56.8 cm³/mol. The second-order valence-electron chi connectivity index (χ2n) is 2.44. The molecule has 0 aliphatic carbocycles. The summed E-state index contributed by atoms with van der Waals surface area (Å²) in [5, 5.41) is 18.6. The van der Waals surface area contributed by atoms with Gasteiger partial charge < -0.3 is 5.32 Å².